The van der Waals surface area contributed by atoms with Crippen LogP contribution in [0.2, 0.25) is 0 Å². The monoisotopic (exact) mass is 364 g/mol. The van der Waals surface area contributed by atoms with Gasteiger partial charge in [-0.05, 0) is 64.8 Å². The second kappa shape index (κ2) is 7.94. The molecule has 146 valence electrons. The smallest absolute Gasteiger partial charge is 0.221 e. The zero-order valence-corrected chi connectivity index (χ0v) is 16.5. The first-order chi connectivity index (χ1) is 12.0. The fourth-order valence-electron chi connectivity index (χ4n) is 4.05. The van der Waals surface area contributed by atoms with E-state index in [1.54, 1.807) is 24.3 Å². The van der Waals surface area contributed by atoms with Gasteiger partial charge in [0.15, 0.2) is 0 Å². The maximum absolute atomic E-state index is 11.0. The summed E-state index contributed by atoms with van der Waals surface area (Å²) < 4.78 is 5.69. The van der Waals surface area contributed by atoms with Crippen LogP contribution in [-0.4, -0.2) is 57.5 Å². The van der Waals surface area contributed by atoms with Crippen LogP contribution >= 0.6 is 0 Å². The minimum Gasteiger partial charge on any atom is -0.491 e. The maximum atomic E-state index is 11.0. The molecule has 6 nitrogen and oxygen atoms in total. The largest absolute Gasteiger partial charge is 0.491 e. The van der Waals surface area contributed by atoms with Gasteiger partial charge in [0.1, 0.15) is 18.5 Å². The highest BCUT2D eigenvalue weighted by atomic mass is 16.5. The number of β-amino-alcohol motifs (C(OH)–C–C–N with tert-alkyl or cyclic N) is 1. The number of carbonyl (C=O) groups is 1. The highest BCUT2D eigenvalue weighted by molar-refractivity contribution is 5.88. The highest BCUT2D eigenvalue weighted by Crippen LogP contribution is 2.38. The molecule has 2 rings (SSSR count). The Labute approximate surface area is 156 Å². The summed E-state index contributed by atoms with van der Waals surface area (Å²) in [6, 6.07) is 7.06. The minimum absolute atomic E-state index is 0.119. The number of hydrogen-bond donors (Lipinski definition) is 3. The second-order valence-electron chi connectivity index (χ2n) is 8.47. The Hall–Kier alpha value is -1.63. The van der Waals surface area contributed by atoms with E-state index >= 15 is 0 Å². The van der Waals surface area contributed by atoms with Crippen LogP contribution in [-0.2, 0) is 4.79 Å². The lowest BCUT2D eigenvalue weighted by Gasteiger charge is -2.54. The van der Waals surface area contributed by atoms with Crippen molar-refractivity contribution >= 4 is 11.6 Å². The predicted octanol–water partition coefficient (Wildman–Crippen LogP) is 2.40. The van der Waals surface area contributed by atoms with Crippen LogP contribution in [0.1, 0.15) is 47.5 Å². The Morgan fingerprint density at radius 3 is 2.27 bits per heavy atom. The van der Waals surface area contributed by atoms with Gasteiger partial charge < -0.3 is 20.3 Å². The summed E-state index contributed by atoms with van der Waals surface area (Å²) in [6.07, 6.45) is 0.425. The van der Waals surface area contributed by atoms with Crippen molar-refractivity contribution in [3.05, 3.63) is 24.3 Å². The summed E-state index contributed by atoms with van der Waals surface area (Å²) in [5.41, 5.74) is 0.324. The van der Waals surface area contributed by atoms with Crippen LogP contribution < -0.4 is 10.1 Å². The molecule has 1 aromatic carbocycles. The molecule has 26 heavy (non-hydrogen) atoms. The fourth-order valence-corrected chi connectivity index (χ4v) is 4.05. The number of benzene rings is 1. The zero-order valence-electron chi connectivity index (χ0n) is 16.5. The van der Waals surface area contributed by atoms with Gasteiger partial charge in [0.2, 0.25) is 5.91 Å². The number of anilines is 1. The van der Waals surface area contributed by atoms with Crippen molar-refractivity contribution in [2.24, 2.45) is 0 Å². The Balaban J connectivity index is 1.91. The molecule has 0 aromatic heterocycles. The molecule has 1 aliphatic heterocycles. The van der Waals surface area contributed by atoms with Gasteiger partial charge >= 0.3 is 0 Å². The number of carbonyl (C=O) groups excluding carboxylic acids is 1. The molecule has 0 saturated carbocycles. The summed E-state index contributed by atoms with van der Waals surface area (Å²) in [7, 11) is 0. The van der Waals surface area contributed by atoms with E-state index in [4.69, 9.17) is 4.74 Å². The van der Waals surface area contributed by atoms with Gasteiger partial charge in [0.25, 0.3) is 0 Å². The van der Waals surface area contributed by atoms with Crippen molar-refractivity contribution in [3.8, 4) is 5.75 Å². The average molecular weight is 364 g/mol. The highest BCUT2D eigenvalue weighted by Gasteiger charge is 2.45. The van der Waals surface area contributed by atoms with Crippen molar-refractivity contribution in [1.29, 1.82) is 0 Å². The average Bonchev–Trinajstić information content (AvgIpc) is 2.48. The van der Waals surface area contributed by atoms with E-state index in [2.05, 4.69) is 37.9 Å². The molecule has 3 N–H and O–H groups in total. The van der Waals surface area contributed by atoms with Crippen LogP contribution in [0.4, 0.5) is 5.69 Å². The van der Waals surface area contributed by atoms with Crippen molar-refractivity contribution in [2.45, 2.75) is 70.7 Å². The molecule has 6 heteroatoms. The summed E-state index contributed by atoms with van der Waals surface area (Å²) in [6.45, 7) is 10.5. The second-order valence-corrected chi connectivity index (χ2v) is 8.47. The number of aliphatic hydroxyl groups is 2. The molecule has 1 heterocycles. The van der Waals surface area contributed by atoms with E-state index < -0.39 is 6.10 Å². The Morgan fingerprint density at radius 1 is 1.23 bits per heavy atom. The molecule has 0 radical (unpaired) electrons. The zero-order chi connectivity index (χ0) is 19.5. The van der Waals surface area contributed by atoms with Crippen molar-refractivity contribution in [1.82, 2.24) is 4.90 Å². The van der Waals surface area contributed by atoms with E-state index in [-0.39, 0.29) is 29.7 Å². The van der Waals surface area contributed by atoms with Gasteiger partial charge in [-0.2, -0.15) is 0 Å². The first kappa shape index (κ1) is 20.7. The van der Waals surface area contributed by atoms with Gasteiger partial charge in [-0.3, -0.25) is 9.69 Å². The van der Waals surface area contributed by atoms with Crippen LogP contribution in [0.15, 0.2) is 24.3 Å². The topological polar surface area (TPSA) is 82.0 Å². The van der Waals surface area contributed by atoms with E-state index in [0.29, 0.717) is 30.8 Å². The molecule has 1 atom stereocenters. The SMILES string of the molecule is CC(=O)Nc1ccc(OC[C@H](O)CN2C(C)(C)CC(O)CC2(C)C)cc1. The van der Waals surface area contributed by atoms with Crippen LogP contribution in [0.3, 0.4) is 0 Å². The van der Waals surface area contributed by atoms with Crippen LogP contribution in [0, 0.1) is 0 Å². The normalized spacial score (nSPS) is 21.2. The van der Waals surface area contributed by atoms with Crippen molar-refractivity contribution in [3.63, 3.8) is 0 Å². The molecule has 0 spiro atoms. The predicted molar refractivity (Wildman–Crippen MR) is 102 cm³/mol. The standard InChI is InChI=1S/C20H32N2O4/c1-14(23)21-15-6-8-18(9-7-15)26-13-17(25)12-22-19(2,3)10-16(24)11-20(22,4)5/h6-9,16-17,24-25H,10-13H2,1-5H3,(H,21,23)/t17-/m1/s1. The third-order valence-corrected chi connectivity index (χ3v) is 4.94. The quantitative estimate of drug-likeness (QED) is 0.722. The number of aliphatic hydroxyl groups excluding tert-OH is 2. The van der Waals surface area contributed by atoms with E-state index in [1.807, 2.05) is 0 Å². The number of rotatable bonds is 6. The molecule has 0 aliphatic carbocycles. The minimum atomic E-state index is -0.640. The molecular formula is C20H32N2O4. The van der Waals surface area contributed by atoms with Gasteiger partial charge in [0.05, 0.1) is 6.10 Å². The van der Waals surface area contributed by atoms with Crippen molar-refractivity contribution < 1.29 is 19.7 Å². The van der Waals surface area contributed by atoms with Crippen LogP contribution in [0.5, 0.6) is 5.75 Å². The van der Waals surface area contributed by atoms with E-state index in [9.17, 15) is 15.0 Å². The number of ether oxygens (including phenoxy) is 1. The maximum Gasteiger partial charge on any atom is 0.221 e. The first-order valence-corrected chi connectivity index (χ1v) is 9.14. The first-order valence-electron chi connectivity index (χ1n) is 9.14. The summed E-state index contributed by atoms with van der Waals surface area (Å²) in [5, 5.41) is 23.3. The lowest BCUT2D eigenvalue weighted by Crippen LogP contribution is -2.63. The molecule has 1 saturated heterocycles. The van der Waals surface area contributed by atoms with Gasteiger partial charge in [-0.15, -0.1) is 0 Å². The number of nitrogens with zero attached hydrogens (tertiary/aromatic N) is 1. The molecule has 1 amide bonds. The number of amides is 1. The van der Waals surface area contributed by atoms with Crippen LogP contribution in [0.25, 0.3) is 0 Å². The molecule has 1 aliphatic rings. The van der Waals surface area contributed by atoms with Gasteiger partial charge in [-0.1, -0.05) is 0 Å². The number of piperidine rings is 1. The Kier molecular flexibility index (Phi) is 6.32. The molecular weight excluding hydrogens is 332 g/mol. The molecule has 1 aromatic rings. The fraction of sp³-hybridized carbons (Fsp3) is 0.650. The lowest BCUT2D eigenvalue weighted by molar-refractivity contribution is -0.114. The van der Waals surface area contributed by atoms with Gasteiger partial charge in [0, 0.05) is 30.2 Å². The number of hydrogen-bond acceptors (Lipinski definition) is 5. The number of nitrogens with one attached hydrogen (secondary N) is 1. The molecule has 0 unspecified atom stereocenters. The molecule has 0 bridgehead atoms. The third-order valence-electron chi connectivity index (χ3n) is 4.94. The Bertz CT molecular complexity index is 595. The number of likely N-dealkylation sites (tertiary alicyclic amines) is 1. The van der Waals surface area contributed by atoms with E-state index in [1.165, 1.54) is 6.92 Å². The lowest BCUT2D eigenvalue weighted by atomic mass is 9.78. The molecule has 1 fully saturated rings. The van der Waals surface area contributed by atoms with Gasteiger partial charge in [-0.25, -0.2) is 0 Å². The van der Waals surface area contributed by atoms with Crippen molar-refractivity contribution in [2.75, 3.05) is 18.5 Å². The third kappa shape index (κ3) is 5.43. The summed E-state index contributed by atoms with van der Waals surface area (Å²) >= 11 is 0. The summed E-state index contributed by atoms with van der Waals surface area (Å²) in [5.74, 6) is 0.525. The Morgan fingerprint density at radius 2 is 1.77 bits per heavy atom. The summed E-state index contributed by atoms with van der Waals surface area (Å²) in [4.78, 5) is 13.3. The van der Waals surface area contributed by atoms with E-state index in [0.717, 1.165) is 0 Å².